The Morgan fingerprint density at radius 1 is 1.69 bits per heavy atom. The molecule has 0 radical (unpaired) electrons. The van der Waals surface area contributed by atoms with Gasteiger partial charge in [-0.25, -0.2) is 0 Å². The van der Waals surface area contributed by atoms with Crippen LogP contribution in [0.25, 0.3) is 0 Å². The van der Waals surface area contributed by atoms with Gasteiger partial charge >= 0.3 is 5.97 Å². The number of hydrogen-bond acceptors (Lipinski definition) is 4. The van der Waals surface area contributed by atoms with Gasteiger partial charge in [-0.05, 0) is 18.5 Å². The van der Waals surface area contributed by atoms with Crippen LogP contribution in [0.1, 0.15) is 16.1 Å². The van der Waals surface area contributed by atoms with Crippen molar-refractivity contribution in [2.75, 3.05) is 6.54 Å². The average molecular weight is 200 g/mol. The zero-order valence-electron chi connectivity index (χ0n) is 6.90. The lowest BCUT2D eigenvalue weighted by atomic mass is 10.2. The van der Waals surface area contributed by atoms with E-state index in [1.807, 2.05) is 0 Å². The third-order valence-electron chi connectivity index (χ3n) is 1.39. The van der Waals surface area contributed by atoms with Crippen LogP contribution >= 0.6 is 11.5 Å². The summed E-state index contributed by atoms with van der Waals surface area (Å²) in [6.45, 7) is 1.33. The Morgan fingerprint density at radius 2 is 2.38 bits per heavy atom. The monoisotopic (exact) mass is 200 g/mol. The number of carbonyl (C=O) groups is 2. The van der Waals surface area contributed by atoms with Crippen LogP contribution in [0.5, 0.6) is 0 Å². The van der Waals surface area contributed by atoms with E-state index in [0.29, 0.717) is 11.3 Å². The van der Waals surface area contributed by atoms with E-state index in [1.54, 1.807) is 12.3 Å². The van der Waals surface area contributed by atoms with Gasteiger partial charge in [0.15, 0.2) is 0 Å². The first-order valence-corrected chi connectivity index (χ1v) is 4.36. The lowest BCUT2D eigenvalue weighted by Crippen LogP contribution is -2.29. The molecule has 1 rings (SSSR count). The Morgan fingerprint density at radius 3 is 2.85 bits per heavy atom. The predicted molar refractivity (Wildman–Crippen MR) is 46.8 cm³/mol. The minimum absolute atomic E-state index is 0.367. The van der Waals surface area contributed by atoms with Gasteiger partial charge in [0.2, 0.25) is 0 Å². The van der Waals surface area contributed by atoms with Crippen molar-refractivity contribution in [2.45, 2.75) is 6.92 Å². The second-order valence-corrected chi connectivity index (χ2v) is 3.02. The number of carbonyl (C=O) groups excluding carboxylic acids is 1. The van der Waals surface area contributed by atoms with Crippen LogP contribution in [-0.4, -0.2) is 27.9 Å². The van der Waals surface area contributed by atoms with E-state index in [-0.39, 0.29) is 6.54 Å². The van der Waals surface area contributed by atoms with Crippen LogP contribution in [0, 0.1) is 6.92 Å². The summed E-state index contributed by atoms with van der Waals surface area (Å²) < 4.78 is 3.90. The minimum Gasteiger partial charge on any atom is -0.480 e. The second kappa shape index (κ2) is 3.99. The minimum atomic E-state index is -1.06. The number of carboxylic acid groups (broad SMARTS) is 1. The summed E-state index contributed by atoms with van der Waals surface area (Å²) in [5.74, 6) is -1.46. The van der Waals surface area contributed by atoms with Crippen molar-refractivity contribution in [1.82, 2.24) is 9.69 Å². The maximum atomic E-state index is 11.2. The number of amides is 1. The Balaban J connectivity index is 2.59. The SMILES string of the molecule is Cc1nscc1C(=O)NCC(=O)O. The molecule has 0 atom stereocenters. The van der Waals surface area contributed by atoms with Crippen LogP contribution in [-0.2, 0) is 4.79 Å². The molecule has 0 unspecified atom stereocenters. The fourth-order valence-electron chi connectivity index (χ4n) is 0.762. The standard InChI is InChI=1S/C7H8N2O3S/c1-4-5(3-13-9-4)7(12)8-2-6(10)11/h3H,2H2,1H3,(H,8,12)(H,10,11). The zero-order chi connectivity index (χ0) is 9.84. The van der Waals surface area contributed by atoms with E-state index < -0.39 is 11.9 Å². The van der Waals surface area contributed by atoms with Crippen LogP contribution in [0.15, 0.2) is 5.38 Å². The number of aromatic nitrogens is 1. The molecule has 70 valence electrons. The molecule has 0 fully saturated rings. The quantitative estimate of drug-likeness (QED) is 0.733. The first-order chi connectivity index (χ1) is 6.11. The Hall–Kier alpha value is -1.43. The summed E-state index contributed by atoms with van der Waals surface area (Å²) in [5, 5.41) is 12.1. The molecule has 0 aliphatic rings. The molecule has 1 aromatic heterocycles. The fraction of sp³-hybridized carbons (Fsp3) is 0.286. The Labute approximate surface area is 78.6 Å². The predicted octanol–water partition coefficient (Wildman–Crippen LogP) is 0.266. The molecule has 0 aliphatic heterocycles. The van der Waals surface area contributed by atoms with E-state index in [0.717, 1.165) is 0 Å². The molecule has 1 heterocycles. The fourth-order valence-corrected chi connectivity index (χ4v) is 1.45. The third kappa shape index (κ3) is 2.51. The smallest absolute Gasteiger partial charge is 0.322 e. The summed E-state index contributed by atoms with van der Waals surface area (Å²) in [6, 6.07) is 0. The molecule has 0 aliphatic carbocycles. The number of nitrogens with zero attached hydrogens (tertiary/aromatic N) is 1. The number of aliphatic carboxylic acids is 1. The van der Waals surface area contributed by atoms with Gasteiger partial charge < -0.3 is 10.4 Å². The highest BCUT2D eigenvalue weighted by molar-refractivity contribution is 7.03. The van der Waals surface area contributed by atoms with E-state index >= 15 is 0 Å². The average Bonchev–Trinajstić information content (AvgIpc) is 2.47. The van der Waals surface area contributed by atoms with Gasteiger partial charge in [-0.3, -0.25) is 9.59 Å². The number of rotatable bonds is 3. The largest absolute Gasteiger partial charge is 0.480 e. The molecule has 0 bridgehead atoms. The van der Waals surface area contributed by atoms with E-state index in [1.165, 1.54) is 11.5 Å². The molecule has 0 spiro atoms. The number of carboxylic acids is 1. The third-order valence-corrected chi connectivity index (χ3v) is 2.12. The normalized spacial score (nSPS) is 9.62. The molecule has 2 N–H and O–H groups in total. The van der Waals surface area contributed by atoms with Gasteiger partial charge in [0, 0.05) is 5.38 Å². The maximum Gasteiger partial charge on any atom is 0.322 e. The highest BCUT2D eigenvalue weighted by atomic mass is 32.1. The Bertz CT molecular complexity index is 334. The molecule has 6 heteroatoms. The lowest BCUT2D eigenvalue weighted by molar-refractivity contribution is -0.135. The molecule has 1 amide bonds. The van der Waals surface area contributed by atoms with Crippen molar-refractivity contribution in [3.63, 3.8) is 0 Å². The van der Waals surface area contributed by atoms with Crippen LogP contribution in [0.4, 0.5) is 0 Å². The molecule has 0 saturated heterocycles. The highest BCUT2D eigenvalue weighted by Gasteiger charge is 2.11. The van der Waals surface area contributed by atoms with Crippen LogP contribution in [0.3, 0.4) is 0 Å². The molecule has 1 aromatic rings. The van der Waals surface area contributed by atoms with Gasteiger partial charge in [-0.2, -0.15) is 4.37 Å². The zero-order valence-corrected chi connectivity index (χ0v) is 7.72. The van der Waals surface area contributed by atoms with Gasteiger partial charge in [-0.1, -0.05) is 0 Å². The summed E-state index contributed by atoms with van der Waals surface area (Å²) in [7, 11) is 0. The van der Waals surface area contributed by atoms with Crippen LogP contribution in [0.2, 0.25) is 0 Å². The summed E-state index contributed by atoms with van der Waals surface area (Å²) in [5.41, 5.74) is 1.05. The second-order valence-electron chi connectivity index (χ2n) is 2.39. The van der Waals surface area contributed by atoms with E-state index in [2.05, 4.69) is 9.69 Å². The summed E-state index contributed by atoms with van der Waals surface area (Å²) >= 11 is 1.17. The van der Waals surface area contributed by atoms with E-state index in [4.69, 9.17) is 5.11 Å². The van der Waals surface area contributed by atoms with Crippen molar-refractivity contribution in [2.24, 2.45) is 0 Å². The summed E-state index contributed by atoms with van der Waals surface area (Å²) in [6.07, 6.45) is 0. The maximum absolute atomic E-state index is 11.2. The molecular formula is C7H8N2O3S. The lowest BCUT2D eigenvalue weighted by Gasteiger charge is -1.99. The number of aryl methyl sites for hydroxylation is 1. The van der Waals surface area contributed by atoms with Gasteiger partial charge in [0.05, 0.1) is 11.3 Å². The molecule has 5 nitrogen and oxygen atoms in total. The van der Waals surface area contributed by atoms with E-state index in [9.17, 15) is 9.59 Å². The van der Waals surface area contributed by atoms with Gasteiger partial charge in [0.1, 0.15) is 6.54 Å². The van der Waals surface area contributed by atoms with Crippen molar-refractivity contribution in [1.29, 1.82) is 0 Å². The van der Waals surface area contributed by atoms with Crippen molar-refractivity contribution >= 4 is 23.4 Å². The van der Waals surface area contributed by atoms with Gasteiger partial charge in [-0.15, -0.1) is 0 Å². The first-order valence-electron chi connectivity index (χ1n) is 3.52. The molecular weight excluding hydrogens is 192 g/mol. The van der Waals surface area contributed by atoms with Crippen LogP contribution < -0.4 is 5.32 Å². The van der Waals surface area contributed by atoms with Gasteiger partial charge in [0.25, 0.3) is 5.91 Å². The highest BCUT2D eigenvalue weighted by Crippen LogP contribution is 2.08. The van der Waals surface area contributed by atoms with Crippen molar-refractivity contribution in [3.8, 4) is 0 Å². The summed E-state index contributed by atoms with van der Waals surface area (Å²) in [4.78, 5) is 21.4. The number of hydrogen-bond donors (Lipinski definition) is 2. The number of nitrogens with one attached hydrogen (secondary N) is 1. The topological polar surface area (TPSA) is 79.3 Å². The first kappa shape index (κ1) is 9.66. The molecule has 0 saturated carbocycles. The van der Waals surface area contributed by atoms with Crippen molar-refractivity contribution < 1.29 is 14.7 Å². The van der Waals surface area contributed by atoms with Crippen molar-refractivity contribution in [3.05, 3.63) is 16.6 Å². The molecule has 13 heavy (non-hydrogen) atoms. The Kier molecular flexibility index (Phi) is 2.97. The molecule has 0 aromatic carbocycles.